The van der Waals surface area contributed by atoms with Gasteiger partial charge < -0.3 is 24.8 Å². The average Bonchev–Trinajstić information content (AvgIpc) is 3.41. The van der Waals surface area contributed by atoms with Crippen molar-refractivity contribution in [2.24, 2.45) is 0 Å². The Morgan fingerprint density at radius 1 is 1.04 bits per heavy atom. The Morgan fingerprint density at radius 2 is 1.82 bits per heavy atom. The number of nitrogens with two attached hydrogens (primary N) is 1. The highest BCUT2D eigenvalue weighted by atomic mass is 16.5. The molecule has 0 saturated carbocycles. The molecule has 0 unspecified atom stereocenters. The van der Waals surface area contributed by atoms with Crippen molar-refractivity contribution in [2.75, 3.05) is 5.73 Å². The predicted octanol–water partition coefficient (Wildman–Crippen LogP) is 4.36. The Bertz CT molecular complexity index is 1270. The number of para-hydroxylation sites is 1. The average molecular weight is 372 g/mol. The second-order valence-electron chi connectivity index (χ2n) is 6.45. The summed E-state index contributed by atoms with van der Waals surface area (Å²) in [6, 6.07) is 17.4. The first kappa shape index (κ1) is 16.2. The van der Waals surface area contributed by atoms with E-state index in [4.69, 9.17) is 14.7 Å². The van der Waals surface area contributed by atoms with Gasteiger partial charge in [0.2, 0.25) is 5.89 Å². The van der Waals surface area contributed by atoms with Crippen molar-refractivity contribution < 1.29 is 14.0 Å². The van der Waals surface area contributed by atoms with E-state index in [0.29, 0.717) is 23.4 Å². The van der Waals surface area contributed by atoms with Crippen molar-refractivity contribution in [2.45, 2.75) is 6.42 Å². The molecule has 0 spiro atoms. The highest BCUT2D eigenvalue weighted by Crippen LogP contribution is 2.38. The maximum Gasteiger partial charge on any atom is 0.306 e. The summed E-state index contributed by atoms with van der Waals surface area (Å²) >= 11 is 0. The maximum absolute atomic E-state index is 10.3. The third kappa shape index (κ3) is 2.61. The minimum absolute atomic E-state index is 0.152. The number of oxazole rings is 1. The quantitative estimate of drug-likeness (QED) is 0.432. The van der Waals surface area contributed by atoms with Crippen molar-refractivity contribution >= 4 is 16.7 Å². The fourth-order valence-corrected chi connectivity index (χ4v) is 3.32. The zero-order chi connectivity index (χ0) is 19.1. The molecule has 0 bridgehead atoms. The standard InChI is InChI=1S/C21H16N4O3/c22-19-17(18(28-25-19)12-6-2-1-3-7-12)20-24-16(21(26)27-20)10-13-11-23-15-9-5-4-8-14(13)15/h1-9,11,23,26H,10H2,(H2,22,25). The molecule has 138 valence electrons. The summed E-state index contributed by atoms with van der Waals surface area (Å²) < 4.78 is 10.9. The van der Waals surface area contributed by atoms with E-state index in [1.54, 1.807) is 0 Å². The Kier molecular flexibility index (Phi) is 3.65. The molecule has 7 heteroatoms. The molecule has 0 radical (unpaired) electrons. The smallest absolute Gasteiger partial charge is 0.306 e. The van der Waals surface area contributed by atoms with Crippen molar-refractivity contribution in [3.8, 4) is 28.7 Å². The summed E-state index contributed by atoms with van der Waals surface area (Å²) in [5.74, 6) is 0.515. The van der Waals surface area contributed by atoms with Crippen LogP contribution in [0.15, 0.2) is 69.7 Å². The van der Waals surface area contributed by atoms with Crippen LogP contribution in [0.2, 0.25) is 0 Å². The van der Waals surface area contributed by atoms with Gasteiger partial charge in [-0.3, -0.25) is 0 Å². The van der Waals surface area contributed by atoms with Crippen molar-refractivity contribution in [1.29, 1.82) is 0 Å². The molecule has 0 amide bonds. The predicted molar refractivity (Wildman–Crippen MR) is 105 cm³/mol. The summed E-state index contributed by atoms with van der Waals surface area (Å²) in [6.45, 7) is 0. The lowest BCUT2D eigenvalue weighted by Gasteiger charge is -1.98. The van der Waals surface area contributed by atoms with Gasteiger partial charge in [-0.1, -0.05) is 53.7 Å². The number of nitrogen functional groups attached to an aromatic ring is 1. The number of aromatic nitrogens is 3. The number of nitrogens with zero attached hydrogens (tertiary/aromatic N) is 2. The molecule has 0 aliphatic heterocycles. The zero-order valence-electron chi connectivity index (χ0n) is 14.7. The van der Waals surface area contributed by atoms with E-state index >= 15 is 0 Å². The highest BCUT2D eigenvalue weighted by molar-refractivity contribution is 5.84. The van der Waals surface area contributed by atoms with Gasteiger partial charge in [0.05, 0.1) is 0 Å². The number of rotatable bonds is 4. The minimum atomic E-state index is -0.250. The normalized spacial score (nSPS) is 11.3. The molecule has 0 saturated heterocycles. The van der Waals surface area contributed by atoms with Gasteiger partial charge in [0.1, 0.15) is 11.3 Å². The van der Waals surface area contributed by atoms with Crippen LogP contribution in [0.1, 0.15) is 11.3 Å². The first-order valence-electron chi connectivity index (χ1n) is 8.75. The second-order valence-corrected chi connectivity index (χ2v) is 6.45. The van der Waals surface area contributed by atoms with Gasteiger partial charge in [-0.15, -0.1) is 0 Å². The van der Waals surface area contributed by atoms with Gasteiger partial charge >= 0.3 is 5.95 Å². The van der Waals surface area contributed by atoms with E-state index in [-0.39, 0.29) is 17.7 Å². The molecule has 3 aromatic heterocycles. The fourth-order valence-electron chi connectivity index (χ4n) is 3.32. The summed E-state index contributed by atoms with van der Waals surface area (Å²) in [6.07, 6.45) is 2.31. The highest BCUT2D eigenvalue weighted by Gasteiger charge is 2.24. The second kappa shape index (κ2) is 6.31. The first-order valence-corrected chi connectivity index (χ1v) is 8.75. The van der Waals surface area contributed by atoms with Crippen LogP contribution >= 0.6 is 0 Å². The van der Waals surface area contributed by atoms with Crippen molar-refractivity contribution in [3.05, 3.63) is 72.1 Å². The van der Waals surface area contributed by atoms with E-state index in [2.05, 4.69) is 15.1 Å². The van der Waals surface area contributed by atoms with Crippen LogP contribution in [0.5, 0.6) is 5.95 Å². The number of aromatic amines is 1. The summed E-state index contributed by atoms with van der Waals surface area (Å²) in [5.41, 5.74) is 9.65. The largest absolute Gasteiger partial charge is 0.479 e. The molecule has 5 aromatic rings. The van der Waals surface area contributed by atoms with E-state index < -0.39 is 0 Å². The lowest BCUT2D eigenvalue weighted by atomic mass is 10.1. The minimum Gasteiger partial charge on any atom is -0.479 e. The van der Waals surface area contributed by atoms with Gasteiger partial charge in [-0.05, 0) is 11.6 Å². The van der Waals surface area contributed by atoms with Crippen LogP contribution in [0.4, 0.5) is 5.82 Å². The topological polar surface area (TPSA) is 114 Å². The lowest BCUT2D eigenvalue weighted by Crippen LogP contribution is -1.91. The van der Waals surface area contributed by atoms with Crippen LogP contribution in [0.3, 0.4) is 0 Å². The monoisotopic (exact) mass is 372 g/mol. The van der Waals surface area contributed by atoms with Crippen LogP contribution in [-0.4, -0.2) is 20.2 Å². The van der Waals surface area contributed by atoms with Crippen LogP contribution in [0, 0.1) is 0 Å². The molecule has 4 N–H and O–H groups in total. The molecular weight excluding hydrogens is 356 g/mol. The van der Waals surface area contributed by atoms with Crippen LogP contribution in [0.25, 0.3) is 33.7 Å². The summed E-state index contributed by atoms with van der Waals surface area (Å²) in [5, 5.41) is 15.2. The van der Waals surface area contributed by atoms with Crippen LogP contribution in [-0.2, 0) is 6.42 Å². The van der Waals surface area contributed by atoms with E-state index in [0.717, 1.165) is 22.0 Å². The Balaban J connectivity index is 1.55. The Morgan fingerprint density at radius 3 is 2.68 bits per heavy atom. The number of aromatic hydroxyl groups is 1. The first-order chi connectivity index (χ1) is 13.7. The van der Waals surface area contributed by atoms with Gasteiger partial charge in [0.25, 0.3) is 0 Å². The van der Waals surface area contributed by atoms with Gasteiger partial charge in [-0.25, -0.2) is 4.98 Å². The third-order valence-electron chi connectivity index (χ3n) is 4.68. The maximum atomic E-state index is 10.3. The van der Waals surface area contributed by atoms with Crippen molar-refractivity contribution in [1.82, 2.24) is 15.1 Å². The molecule has 0 aliphatic carbocycles. The van der Waals surface area contributed by atoms with Crippen LogP contribution < -0.4 is 5.73 Å². The molecule has 2 aromatic carbocycles. The molecular formula is C21H16N4O3. The Hall–Kier alpha value is -4.00. The number of hydrogen-bond acceptors (Lipinski definition) is 6. The number of hydrogen-bond donors (Lipinski definition) is 3. The van der Waals surface area contributed by atoms with Gasteiger partial charge in [-0.2, -0.15) is 0 Å². The molecule has 0 aliphatic rings. The molecule has 3 heterocycles. The summed E-state index contributed by atoms with van der Waals surface area (Å²) in [7, 11) is 0. The molecule has 0 fully saturated rings. The molecule has 0 atom stereocenters. The number of H-pyrrole nitrogens is 1. The lowest BCUT2D eigenvalue weighted by molar-refractivity contribution is 0.333. The zero-order valence-corrected chi connectivity index (χ0v) is 14.7. The van der Waals surface area contributed by atoms with E-state index in [1.807, 2.05) is 60.8 Å². The van der Waals surface area contributed by atoms with Gasteiger partial charge in [0.15, 0.2) is 11.6 Å². The molecule has 7 nitrogen and oxygen atoms in total. The molecule has 28 heavy (non-hydrogen) atoms. The molecule has 5 rings (SSSR count). The van der Waals surface area contributed by atoms with Gasteiger partial charge in [0, 0.05) is 29.1 Å². The number of fused-ring (bicyclic) bond motifs is 1. The number of nitrogens with one attached hydrogen (secondary N) is 1. The van der Waals surface area contributed by atoms with E-state index in [1.165, 1.54) is 0 Å². The van der Waals surface area contributed by atoms with E-state index in [9.17, 15) is 5.11 Å². The number of anilines is 1. The number of benzene rings is 2. The Labute approximate surface area is 159 Å². The third-order valence-corrected chi connectivity index (χ3v) is 4.68. The van der Waals surface area contributed by atoms with Crippen molar-refractivity contribution in [3.63, 3.8) is 0 Å². The fraction of sp³-hybridized carbons (Fsp3) is 0.0476. The SMILES string of the molecule is Nc1noc(-c2ccccc2)c1-c1nc(Cc2c[nH]c3ccccc23)c(O)o1. The summed E-state index contributed by atoms with van der Waals surface area (Å²) in [4.78, 5) is 7.69.